The number of amides is 1. The van der Waals surface area contributed by atoms with Crippen molar-refractivity contribution >= 4 is 11.7 Å². The summed E-state index contributed by atoms with van der Waals surface area (Å²) in [6.07, 6.45) is 5.57. The minimum Gasteiger partial charge on any atom is -0.497 e. The first kappa shape index (κ1) is 21.7. The maximum absolute atomic E-state index is 13.1. The van der Waals surface area contributed by atoms with Crippen molar-refractivity contribution in [1.29, 1.82) is 0 Å². The maximum atomic E-state index is 13.1. The lowest BCUT2D eigenvalue weighted by molar-refractivity contribution is 0.102. The summed E-state index contributed by atoms with van der Waals surface area (Å²) in [5.74, 6) is 2.23. The summed E-state index contributed by atoms with van der Waals surface area (Å²) >= 11 is 0. The number of benzene rings is 1. The molecular formula is C25H26N6O3. The van der Waals surface area contributed by atoms with Gasteiger partial charge in [0.15, 0.2) is 0 Å². The van der Waals surface area contributed by atoms with Crippen LogP contribution in [0, 0.1) is 0 Å². The van der Waals surface area contributed by atoms with Gasteiger partial charge >= 0.3 is 0 Å². The molecule has 0 bridgehead atoms. The third kappa shape index (κ3) is 4.12. The van der Waals surface area contributed by atoms with Crippen molar-refractivity contribution in [3.05, 3.63) is 71.8 Å². The van der Waals surface area contributed by atoms with Gasteiger partial charge in [-0.15, -0.1) is 5.10 Å². The van der Waals surface area contributed by atoms with Crippen molar-refractivity contribution in [2.75, 3.05) is 19.5 Å². The van der Waals surface area contributed by atoms with Crippen LogP contribution in [0.15, 0.2) is 54.9 Å². The molecule has 0 fully saturated rings. The Morgan fingerprint density at radius 2 is 1.97 bits per heavy atom. The molecule has 0 aliphatic carbocycles. The lowest BCUT2D eigenvalue weighted by Gasteiger charge is -2.12. The van der Waals surface area contributed by atoms with E-state index in [1.165, 1.54) is 7.11 Å². The summed E-state index contributed by atoms with van der Waals surface area (Å²) in [7, 11) is 3.13. The number of carbonyl (C=O) groups excluding carboxylic acids is 1. The smallest absolute Gasteiger partial charge is 0.263 e. The summed E-state index contributed by atoms with van der Waals surface area (Å²) in [4.78, 5) is 22.3. The number of fused-ring (bicyclic) bond motifs is 1. The highest BCUT2D eigenvalue weighted by atomic mass is 16.5. The van der Waals surface area contributed by atoms with Crippen molar-refractivity contribution in [3.63, 3.8) is 0 Å². The fourth-order valence-electron chi connectivity index (χ4n) is 4.27. The van der Waals surface area contributed by atoms with Crippen LogP contribution in [-0.2, 0) is 13.0 Å². The topological polar surface area (TPSA) is 96.1 Å². The number of pyridine rings is 1. The van der Waals surface area contributed by atoms with Crippen LogP contribution in [0.25, 0.3) is 11.4 Å². The Morgan fingerprint density at radius 1 is 1.15 bits per heavy atom. The summed E-state index contributed by atoms with van der Waals surface area (Å²) < 4.78 is 14.5. The molecule has 3 aromatic heterocycles. The molecule has 1 aliphatic heterocycles. The van der Waals surface area contributed by atoms with Gasteiger partial charge in [-0.1, -0.05) is 18.2 Å². The number of nitrogens with zero attached hydrogens (tertiary/aromatic N) is 5. The average Bonchev–Trinajstić information content (AvgIpc) is 3.56. The zero-order valence-electron chi connectivity index (χ0n) is 19.4. The second kappa shape index (κ2) is 9.01. The Kier molecular flexibility index (Phi) is 5.75. The van der Waals surface area contributed by atoms with Gasteiger partial charge in [0, 0.05) is 18.7 Å². The fourth-order valence-corrected chi connectivity index (χ4v) is 4.27. The average molecular weight is 459 g/mol. The molecule has 0 radical (unpaired) electrons. The molecule has 1 aliphatic rings. The van der Waals surface area contributed by atoms with Gasteiger partial charge in [0.2, 0.25) is 5.88 Å². The number of aromatic nitrogens is 5. The van der Waals surface area contributed by atoms with E-state index in [1.54, 1.807) is 24.1 Å². The monoisotopic (exact) mass is 458 g/mol. The Hall–Kier alpha value is -4.14. The summed E-state index contributed by atoms with van der Waals surface area (Å²) in [5, 5.41) is 7.28. The van der Waals surface area contributed by atoms with Crippen LogP contribution in [0.1, 0.15) is 41.1 Å². The van der Waals surface area contributed by atoms with E-state index in [4.69, 9.17) is 9.47 Å². The number of nitrogens with one attached hydrogen (secondary N) is 1. The van der Waals surface area contributed by atoms with Gasteiger partial charge in [0.05, 0.1) is 38.3 Å². The second-order valence-electron chi connectivity index (χ2n) is 8.28. The van der Waals surface area contributed by atoms with Crippen LogP contribution < -0.4 is 14.8 Å². The van der Waals surface area contributed by atoms with E-state index >= 15 is 0 Å². The number of hydrogen-bond donors (Lipinski definition) is 1. The zero-order valence-corrected chi connectivity index (χ0v) is 19.4. The highest BCUT2D eigenvalue weighted by Gasteiger charge is 2.24. The molecule has 5 rings (SSSR count). The van der Waals surface area contributed by atoms with Gasteiger partial charge < -0.3 is 19.4 Å². The highest BCUT2D eigenvalue weighted by molar-refractivity contribution is 6.05. The minimum absolute atomic E-state index is 0.254. The lowest BCUT2D eigenvalue weighted by Crippen LogP contribution is -2.13. The van der Waals surface area contributed by atoms with Crippen LogP contribution in [0.4, 0.5) is 5.82 Å². The van der Waals surface area contributed by atoms with Crippen molar-refractivity contribution < 1.29 is 14.3 Å². The normalized spacial score (nSPS) is 14.6. The molecule has 4 aromatic rings. The standard InChI is InChI=1S/C25H26N6O3/c1-16-7-12-23-26-13-21(31(16)23)20-5-4-6-22(27-20)28-24(32)19-15-30(29-25(19)34-3)14-17-8-10-18(33-2)11-9-17/h4-6,8-11,13,15-16H,7,12,14H2,1-3H3,(H,27,28,32)/t16-/m0/s1. The SMILES string of the molecule is COc1ccc(Cn2cc(C(=O)Nc3cccc(-c4cnc5n4[C@@H](C)CC5)n3)c(OC)n2)cc1. The van der Waals surface area contributed by atoms with E-state index in [-0.39, 0.29) is 11.8 Å². The fraction of sp³-hybridized carbons (Fsp3) is 0.280. The number of ether oxygens (including phenoxy) is 2. The van der Waals surface area contributed by atoms with Crippen molar-refractivity contribution in [1.82, 2.24) is 24.3 Å². The van der Waals surface area contributed by atoms with Gasteiger partial charge in [0.1, 0.15) is 23.0 Å². The lowest BCUT2D eigenvalue weighted by atomic mass is 10.2. The minimum atomic E-state index is -0.339. The van der Waals surface area contributed by atoms with E-state index in [0.717, 1.165) is 41.4 Å². The van der Waals surface area contributed by atoms with E-state index in [9.17, 15) is 4.79 Å². The Balaban J connectivity index is 1.35. The number of aryl methyl sites for hydroxylation is 1. The molecule has 174 valence electrons. The maximum Gasteiger partial charge on any atom is 0.263 e. The summed E-state index contributed by atoms with van der Waals surface area (Å²) in [6, 6.07) is 13.6. The van der Waals surface area contributed by atoms with Crippen LogP contribution >= 0.6 is 0 Å². The van der Waals surface area contributed by atoms with Gasteiger partial charge in [-0.2, -0.15) is 0 Å². The van der Waals surface area contributed by atoms with Crippen LogP contribution in [0.2, 0.25) is 0 Å². The quantitative estimate of drug-likeness (QED) is 0.450. The summed E-state index contributed by atoms with van der Waals surface area (Å²) in [5.41, 5.74) is 3.09. The van der Waals surface area contributed by atoms with Crippen LogP contribution in [0.5, 0.6) is 11.6 Å². The predicted molar refractivity (Wildman–Crippen MR) is 127 cm³/mol. The largest absolute Gasteiger partial charge is 0.497 e. The molecule has 0 unspecified atom stereocenters. The van der Waals surface area contributed by atoms with Gasteiger partial charge in [-0.3, -0.25) is 9.48 Å². The summed E-state index contributed by atoms with van der Waals surface area (Å²) in [6.45, 7) is 2.68. The number of hydrogen-bond acceptors (Lipinski definition) is 6. The number of carbonyl (C=O) groups is 1. The first-order valence-corrected chi connectivity index (χ1v) is 11.1. The number of anilines is 1. The Bertz CT molecular complexity index is 1320. The van der Waals surface area contributed by atoms with E-state index in [0.29, 0.717) is 24.0 Å². The molecule has 34 heavy (non-hydrogen) atoms. The van der Waals surface area contributed by atoms with Gasteiger partial charge in [-0.05, 0) is 43.2 Å². The van der Waals surface area contributed by atoms with E-state index < -0.39 is 0 Å². The number of imidazole rings is 1. The molecule has 0 saturated carbocycles. The molecule has 1 amide bonds. The molecule has 9 nitrogen and oxygen atoms in total. The molecular weight excluding hydrogens is 432 g/mol. The van der Waals surface area contributed by atoms with Crippen LogP contribution in [0.3, 0.4) is 0 Å². The van der Waals surface area contributed by atoms with Crippen molar-refractivity contribution in [3.8, 4) is 23.0 Å². The molecule has 1 atom stereocenters. The van der Waals surface area contributed by atoms with E-state index in [2.05, 4.69) is 31.9 Å². The molecule has 1 aromatic carbocycles. The first-order valence-electron chi connectivity index (χ1n) is 11.1. The van der Waals surface area contributed by atoms with Gasteiger partial charge in [-0.25, -0.2) is 9.97 Å². The van der Waals surface area contributed by atoms with Crippen molar-refractivity contribution in [2.45, 2.75) is 32.4 Å². The zero-order chi connectivity index (χ0) is 23.7. The second-order valence-corrected chi connectivity index (χ2v) is 8.28. The molecule has 1 N–H and O–H groups in total. The third-order valence-corrected chi connectivity index (χ3v) is 6.02. The molecule has 9 heteroatoms. The predicted octanol–water partition coefficient (Wildman–Crippen LogP) is 3.97. The van der Waals surface area contributed by atoms with Crippen LogP contribution in [-0.4, -0.2) is 44.4 Å². The number of methoxy groups -OCH3 is 2. The molecule has 0 spiro atoms. The number of rotatable bonds is 7. The molecule has 4 heterocycles. The Labute approximate surface area is 197 Å². The molecule has 0 saturated heterocycles. The Morgan fingerprint density at radius 3 is 2.74 bits per heavy atom. The first-order chi connectivity index (χ1) is 16.6. The van der Waals surface area contributed by atoms with Crippen molar-refractivity contribution in [2.24, 2.45) is 0 Å². The van der Waals surface area contributed by atoms with E-state index in [1.807, 2.05) is 42.6 Å². The van der Waals surface area contributed by atoms with Gasteiger partial charge in [0.25, 0.3) is 5.91 Å². The third-order valence-electron chi connectivity index (χ3n) is 6.02. The highest BCUT2D eigenvalue weighted by Crippen LogP contribution is 2.31.